The van der Waals surface area contributed by atoms with E-state index in [1.165, 1.54) is 7.11 Å². The molecule has 4 aromatic rings. The third-order valence-corrected chi connectivity index (χ3v) is 4.81. The lowest BCUT2D eigenvalue weighted by Crippen LogP contribution is -1.99. The molecule has 0 fully saturated rings. The molecule has 0 aliphatic rings. The van der Waals surface area contributed by atoms with Crippen LogP contribution in [0.1, 0.15) is 11.1 Å². The van der Waals surface area contributed by atoms with Crippen LogP contribution in [0.3, 0.4) is 0 Å². The molecular weight excluding hydrogens is 376 g/mol. The summed E-state index contributed by atoms with van der Waals surface area (Å²) in [6, 6.07) is 18.9. The Kier molecular flexibility index (Phi) is 5.35. The molecule has 0 amide bonds. The number of para-hydroxylation sites is 2. The zero-order valence-electron chi connectivity index (χ0n) is 16.9. The molecule has 30 heavy (non-hydrogen) atoms. The maximum atomic E-state index is 10.6. The zero-order valence-corrected chi connectivity index (χ0v) is 16.9. The fraction of sp³-hybridized carbons (Fsp3) is 0.120. The number of aromatic hydroxyl groups is 1. The van der Waals surface area contributed by atoms with Crippen molar-refractivity contribution in [1.29, 1.82) is 0 Å². The maximum Gasteiger partial charge on any atom is 0.230 e. The van der Waals surface area contributed by atoms with Gasteiger partial charge in [0.1, 0.15) is 5.75 Å². The van der Waals surface area contributed by atoms with Crippen molar-refractivity contribution in [3.63, 3.8) is 0 Å². The number of phenolic OH excluding ortho intramolecular Hbond substituents is 1. The smallest absolute Gasteiger partial charge is 0.230 e. The lowest BCUT2D eigenvalue weighted by Gasteiger charge is -2.14. The second-order valence-electron chi connectivity index (χ2n) is 6.93. The van der Waals surface area contributed by atoms with E-state index in [1.54, 1.807) is 18.2 Å². The maximum absolute atomic E-state index is 10.6. The highest BCUT2D eigenvalue weighted by Crippen LogP contribution is 2.38. The number of fused-ring (bicyclic) bond motifs is 1. The highest BCUT2D eigenvalue weighted by atomic mass is 16.5. The van der Waals surface area contributed by atoms with Crippen molar-refractivity contribution >= 4 is 10.9 Å². The first-order valence-corrected chi connectivity index (χ1v) is 9.62. The predicted octanol–water partition coefficient (Wildman–Crippen LogP) is 5.84. The molecule has 4 rings (SSSR count). The largest absolute Gasteiger partial charge is 0.504 e. The molecule has 5 heteroatoms. The summed E-state index contributed by atoms with van der Waals surface area (Å²) in [5.74, 6) is 1.84. The highest BCUT2D eigenvalue weighted by molar-refractivity contribution is 5.86. The normalized spacial score (nSPS) is 10.7. The van der Waals surface area contributed by atoms with Crippen molar-refractivity contribution in [2.24, 2.45) is 0 Å². The number of ether oxygens (including phenoxy) is 2. The third kappa shape index (κ3) is 3.70. The molecule has 0 radical (unpaired) electrons. The van der Waals surface area contributed by atoms with Gasteiger partial charge in [0.05, 0.1) is 23.6 Å². The van der Waals surface area contributed by atoms with E-state index in [0.717, 1.165) is 22.0 Å². The fourth-order valence-electron chi connectivity index (χ4n) is 3.34. The van der Waals surface area contributed by atoms with Crippen LogP contribution >= 0.6 is 0 Å². The summed E-state index contributed by atoms with van der Waals surface area (Å²) in [5.41, 5.74) is 3.37. The summed E-state index contributed by atoms with van der Waals surface area (Å²) >= 11 is 0. The summed E-state index contributed by atoms with van der Waals surface area (Å²) in [7, 11) is 1.51. The quantitative estimate of drug-likeness (QED) is 0.413. The van der Waals surface area contributed by atoms with Gasteiger partial charge >= 0.3 is 0 Å². The van der Waals surface area contributed by atoms with E-state index in [0.29, 0.717) is 35.2 Å². The van der Waals surface area contributed by atoms with Gasteiger partial charge in [-0.05, 0) is 49.2 Å². The van der Waals surface area contributed by atoms with Gasteiger partial charge in [-0.1, -0.05) is 42.0 Å². The van der Waals surface area contributed by atoms with Gasteiger partial charge in [-0.2, -0.15) is 4.98 Å². The SMILES string of the molecule is C=CCc1cc(C)ccc1Oc1nc(-c2cccc(OC)c2O)nc2ccccc12. The lowest BCUT2D eigenvalue weighted by molar-refractivity contribution is 0.374. The number of benzene rings is 3. The first-order chi connectivity index (χ1) is 14.6. The lowest BCUT2D eigenvalue weighted by atomic mass is 10.1. The van der Waals surface area contributed by atoms with Gasteiger partial charge in [0, 0.05) is 0 Å². The van der Waals surface area contributed by atoms with Crippen molar-refractivity contribution in [3.05, 3.63) is 84.4 Å². The van der Waals surface area contributed by atoms with E-state index in [-0.39, 0.29) is 5.75 Å². The van der Waals surface area contributed by atoms with E-state index in [2.05, 4.69) is 22.6 Å². The Hall–Kier alpha value is -3.86. The number of aryl methyl sites for hydroxylation is 1. The number of hydrogen-bond donors (Lipinski definition) is 1. The molecule has 0 aliphatic heterocycles. The summed E-state index contributed by atoms with van der Waals surface area (Å²) in [5, 5.41) is 11.4. The second kappa shape index (κ2) is 8.25. The van der Waals surface area contributed by atoms with Crippen LogP contribution in [-0.2, 0) is 6.42 Å². The minimum absolute atomic E-state index is 0.0103. The number of methoxy groups -OCH3 is 1. The van der Waals surface area contributed by atoms with Crippen molar-refractivity contribution in [2.75, 3.05) is 7.11 Å². The van der Waals surface area contributed by atoms with E-state index < -0.39 is 0 Å². The Morgan fingerprint density at radius 2 is 1.83 bits per heavy atom. The average Bonchev–Trinajstić information content (AvgIpc) is 2.76. The van der Waals surface area contributed by atoms with Gasteiger partial charge in [-0.25, -0.2) is 4.98 Å². The third-order valence-electron chi connectivity index (χ3n) is 4.81. The number of phenols is 1. The Labute approximate surface area is 175 Å². The van der Waals surface area contributed by atoms with Crippen molar-refractivity contribution in [3.8, 4) is 34.5 Å². The molecule has 1 aromatic heterocycles. The first-order valence-electron chi connectivity index (χ1n) is 9.62. The van der Waals surface area contributed by atoms with Crippen LogP contribution in [0.15, 0.2) is 73.3 Å². The fourth-order valence-corrected chi connectivity index (χ4v) is 3.34. The summed E-state index contributed by atoms with van der Waals surface area (Å²) in [6.45, 7) is 5.88. The summed E-state index contributed by atoms with van der Waals surface area (Å²) in [6.07, 6.45) is 2.53. The zero-order chi connectivity index (χ0) is 21.1. The molecule has 1 N–H and O–H groups in total. The van der Waals surface area contributed by atoms with Crippen LogP contribution < -0.4 is 9.47 Å². The number of aromatic nitrogens is 2. The van der Waals surface area contributed by atoms with Crippen molar-refractivity contribution < 1.29 is 14.6 Å². The van der Waals surface area contributed by atoms with Crippen molar-refractivity contribution in [1.82, 2.24) is 9.97 Å². The van der Waals surface area contributed by atoms with Crippen LogP contribution in [0.5, 0.6) is 23.1 Å². The molecule has 0 unspecified atom stereocenters. The molecule has 0 saturated carbocycles. The van der Waals surface area contributed by atoms with E-state index in [9.17, 15) is 5.11 Å². The van der Waals surface area contributed by atoms with Gasteiger partial charge in [0.25, 0.3) is 0 Å². The minimum atomic E-state index is -0.0103. The second-order valence-corrected chi connectivity index (χ2v) is 6.93. The molecular formula is C25H22N2O3. The Bertz CT molecular complexity index is 1230. The van der Waals surface area contributed by atoms with Gasteiger partial charge in [-0.15, -0.1) is 6.58 Å². The van der Waals surface area contributed by atoms with Crippen molar-refractivity contribution in [2.45, 2.75) is 13.3 Å². The molecule has 0 atom stereocenters. The number of nitrogens with zero attached hydrogens (tertiary/aromatic N) is 2. The number of allylic oxidation sites excluding steroid dienone is 1. The monoisotopic (exact) mass is 398 g/mol. The standard InChI is InChI=1S/C25H22N2O3/c1-4-8-17-15-16(2)13-14-21(17)30-25-18-9-5-6-11-20(18)26-24(27-25)19-10-7-12-22(29-3)23(19)28/h4-7,9-15,28H,1,8H2,2-3H3. The Balaban J connectivity index is 1.88. The van der Waals surface area contributed by atoms with E-state index >= 15 is 0 Å². The molecule has 3 aromatic carbocycles. The predicted molar refractivity (Wildman–Crippen MR) is 118 cm³/mol. The molecule has 1 heterocycles. The molecule has 0 bridgehead atoms. The topological polar surface area (TPSA) is 64.5 Å². The van der Waals surface area contributed by atoms with Crippen LogP contribution in [0, 0.1) is 6.92 Å². The minimum Gasteiger partial charge on any atom is -0.504 e. The highest BCUT2D eigenvalue weighted by Gasteiger charge is 2.17. The van der Waals surface area contributed by atoms with Gasteiger partial charge < -0.3 is 14.6 Å². The number of hydrogen-bond acceptors (Lipinski definition) is 5. The Morgan fingerprint density at radius 3 is 2.63 bits per heavy atom. The number of rotatable bonds is 6. The van der Waals surface area contributed by atoms with E-state index in [4.69, 9.17) is 9.47 Å². The molecule has 150 valence electrons. The molecule has 0 spiro atoms. The van der Waals surface area contributed by atoms with Crippen LogP contribution in [-0.4, -0.2) is 22.2 Å². The van der Waals surface area contributed by atoms with Gasteiger partial charge in [0.15, 0.2) is 17.3 Å². The molecule has 0 saturated heterocycles. The van der Waals surface area contributed by atoms with E-state index in [1.807, 2.05) is 49.4 Å². The van der Waals surface area contributed by atoms with Crippen LogP contribution in [0.25, 0.3) is 22.3 Å². The van der Waals surface area contributed by atoms with Gasteiger partial charge in [-0.3, -0.25) is 0 Å². The molecule has 5 nitrogen and oxygen atoms in total. The van der Waals surface area contributed by atoms with Gasteiger partial charge in [0.2, 0.25) is 5.88 Å². The Morgan fingerprint density at radius 1 is 1.00 bits per heavy atom. The average molecular weight is 398 g/mol. The summed E-state index contributed by atoms with van der Waals surface area (Å²) in [4.78, 5) is 9.29. The van der Waals surface area contributed by atoms with Crippen LogP contribution in [0.4, 0.5) is 0 Å². The first kappa shape index (κ1) is 19.5. The summed E-state index contributed by atoms with van der Waals surface area (Å²) < 4.78 is 11.5. The van der Waals surface area contributed by atoms with Crippen LogP contribution in [0.2, 0.25) is 0 Å². The molecule has 0 aliphatic carbocycles.